The summed E-state index contributed by atoms with van der Waals surface area (Å²) in [5, 5.41) is 3.29. The molecule has 0 aliphatic carbocycles. The molecule has 20 heavy (non-hydrogen) atoms. The highest BCUT2D eigenvalue weighted by atomic mass is 19.4. The minimum Gasteiger partial charge on any atom is -0.369 e. The monoisotopic (exact) mass is 286 g/mol. The van der Waals surface area contributed by atoms with Crippen LogP contribution in [-0.2, 0) is 6.18 Å². The number of alkyl halides is 3. The molecule has 1 saturated heterocycles. The Balaban J connectivity index is 2.32. The largest absolute Gasteiger partial charge is 0.416 e. The highest BCUT2D eigenvalue weighted by molar-refractivity contribution is 5.56. The Bertz CT molecular complexity index is 451. The Hall–Kier alpha value is -1.23. The number of halogens is 3. The molecule has 0 bridgehead atoms. The number of aryl methyl sites for hydroxylation is 1. The molecule has 2 nitrogen and oxygen atoms in total. The van der Waals surface area contributed by atoms with Gasteiger partial charge in [-0.15, -0.1) is 0 Å². The molecule has 0 unspecified atom stereocenters. The van der Waals surface area contributed by atoms with Gasteiger partial charge in [0.1, 0.15) is 0 Å². The van der Waals surface area contributed by atoms with Gasteiger partial charge in [0.25, 0.3) is 0 Å². The van der Waals surface area contributed by atoms with Crippen LogP contribution < -0.4 is 10.2 Å². The van der Waals surface area contributed by atoms with E-state index in [1.54, 1.807) is 6.07 Å². The van der Waals surface area contributed by atoms with Gasteiger partial charge in [-0.05, 0) is 57.5 Å². The molecule has 1 aromatic carbocycles. The summed E-state index contributed by atoms with van der Waals surface area (Å²) in [6.07, 6.45) is -2.33. The molecule has 0 aromatic heterocycles. The van der Waals surface area contributed by atoms with E-state index in [-0.39, 0.29) is 0 Å². The lowest BCUT2D eigenvalue weighted by Gasteiger charge is -2.36. The van der Waals surface area contributed by atoms with Crippen LogP contribution in [0.5, 0.6) is 0 Å². The molecule has 2 rings (SSSR count). The van der Waals surface area contributed by atoms with Crippen molar-refractivity contribution in [2.45, 2.75) is 38.9 Å². The third-order valence-electron chi connectivity index (χ3n) is 3.94. The van der Waals surface area contributed by atoms with Crippen LogP contribution >= 0.6 is 0 Å². The summed E-state index contributed by atoms with van der Waals surface area (Å²) < 4.78 is 38.6. The maximum atomic E-state index is 12.9. The normalized spacial score (nSPS) is 17.2. The molecule has 5 heteroatoms. The Labute approximate surface area is 118 Å². The van der Waals surface area contributed by atoms with Crippen molar-refractivity contribution in [2.24, 2.45) is 0 Å². The SMILES string of the molecule is CCN(c1cc(C(F)(F)F)ccc1C)C1CCNCC1. The lowest BCUT2D eigenvalue weighted by molar-refractivity contribution is -0.137. The number of hydrogen-bond donors (Lipinski definition) is 1. The van der Waals surface area contributed by atoms with Crippen molar-refractivity contribution in [1.29, 1.82) is 0 Å². The standard InChI is InChI=1S/C15H21F3N2/c1-3-20(13-6-8-19-9-7-13)14-10-12(15(16,17)18)5-4-11(14)2/h4-5,10,13,19H,3,6-9H2,1-2H3. The van der Waals surface area contributed by atoms with Crippen LogP contribution in [0.2, 0.25) is 0 Å². The van der Waals surface area contributed by atoms with Gasteiger partial charge in [-0.1, -0.05) is 6.07 Å². The van der Waals surface area contributed by atoms with E-state index in [0.717, 1.165) is 44.1 Å². The van der Waals surface area contributed by atoms with Crippen LogP contribution in [0, 0.1) is 6.92 Å². The molecule has 0 radical (unpaired) electrons. The van der Waals surface area contributed by atoms with Gasteiger partial charge < -0.3 is 10.2 Å². The average Bonchev–Trinajstić information content (AvgIpc) is 2.41. The van der Waals surface area contributed by atoms with Gasteiger partial charge in [-0.3, -0.25) is 0 Å². The first-order valence-corrected chi connectivity index (χ1v) is 7.08. The molecule has 0 saturated carbocycles. The van der Waals surface area contributed by atoms with E-state index in [4.69, 9.17) is 0 Å². The van der Waals surface area contributed by atoms with Crippen LogP contribution in [0.25, 0.3) is 0 Å². The number of nitrogens with one attached hydrogen (secondary N) is 1. The van der Waals surface area contributed by atoms with Gasteiger partial charge in [0.15, 0.2) is 0 Å². The summed E-state index contributed by atoms with van der Waals surface area (Å²) in [5.41, 5.74) is 1.05. The van der Waals surface area contributed by atoms with Gasteiger partial charge in [0.05, 0.1) is 5.56 Å². The van der Waals surface area contributed by atoms with Gasteiger partial charge in [-0.25, -0.2) is 0 Å². The molecule has 1 aliphatic heterocycles. The number of benzene rings is 1. The molecule has 1 aromatic rings. The zero-order valence-corrected chi connectivity index (χ0v) is 11.9. The third-order valence-corrected chi connectivity index (χ3v) is 3.94. The van der Waals surface area contributed by atoms with Crippen LogP contribution in [-0.4, -0.2) is 25.7 Å². The fourth-order valence-electron chi connectivity index (χ4n) is 2.84. The summed E-state index contributed by atoms with van der Waals surface area (Å²) in [7, 11) is 0. The molecule has 1 heterocycles. The van der Waals surface area contributed by atoms with E-state index in [1.165, 1.54) is 6.07 Å². The van der Waals surface area contributed by atoms with Crippen molar-refractivity contribution in [3.8, 4) is 0 Å². The molecule has 1 aliphatic rings. The van der Waals surface area contributed by atoms with Crippen molar-refractivity contribution in [3.05, 3.63) is 29.3 Å². The maximum absolute atomic E-state index is 12.9. The smallest absolute Gasteiger partial charge is 0.369 e. The minimum atomic E-state index is -4.28. The molecule has 112 valence electrons. The molecule has 0 atom stereocenters. The van der Waals surface area contributed by atoms with Crippen molar-refractivity contribution < 1.29 is 13.2 Å². The molecule has 1 N–H and O–H groups in total. The van der Waals surface area contributed by atoms with E-state index >= 15 is 0 Å². The Kier molecular flexibility index (Phi) is 4.58. The first-order chi connectivity index (χ1) is 9.43. The second kappa shape index (κ2) is 6.04. The quantitative estimate of drug-likeness (QED) is 0.913. The second-order valence-electron chi connectivity index (χ2n) is 5.27. The topological polar surface area (TPSA) is 15.3 Å². The van der Waals surface area contributed by atoms with Gasteiger partial charge in [0.2, 0.25) is 0 Å². The number of nitrogens with zero attached hydrogens (tertiary/aromatic N) is 1. The lowest BCUT2D eigenvalue weighted by atomic mass is 10.0. The number of rotatable bonds is 3. The zero-order chi connectivity index (χ0) is 14.8. The van der Waals surface area contributed by atoms with Crippen molar-refractivity contribution in [2.75, 3.05) is 24.5 Å². The lowest BCUT2D eigenvalue weighted by Crippen LogP contribution is -2.43. The van der Waals surface area contributed by atoms with Crippen molar-refractivity contribution >= 4 is 5.69 Å². The Morgan fingerprint density at radius 1 is 1.25 bits per heavy atom. The predicted octanol–water partition coefficient (Wildman–Crippen LogP) is 3.59. The van der Waals surface area contributed by atoms with Crippen LogP contribution in [0.1, 0.15) is 30.9 Å². The van der Waals surface area contributed by atoms with Crippen LogP contribution in [0.3, 0.4) is 0 Å². The summed E-state index contributed by atoms with van der Waals surface area (Å²) in [6, 6.07) is 4.35. The van der Waals surface area contributed by atoms with E-state index in [9.17, 15) is 13.2 Å². The maximum Gasteiger partial charge on any atom is 0.416 e. The van der Waals surface area contributed by atoms with E-state index in [2.05, 4.69) is 10.2 Å². The first-order valence-electron chi connectivity index (χ1n) is 7.08. The number of anilines is 1. The fourth-order valence-corrected chi connectivity index (χ4v) is 2.84. The van der Waals surface area contributed by atoms with E-state index < -0.39 is 11.7 Å². The van der Waals surface area contributed by atoms with Gasteiger partial charge in [-0.2, -0.15) is 13.2 Å². The van der Waals surface area contributed by atoms with E-state index in [1.807, 2.05) is 13.8 Å². The summed E-state index contributed by atoms with van der Waals surface area (Å²) in [4.78, 5) is 2.12. The highest BCUT2D eigenvalue weighted by Gasteiger charge is 2.32. The second-order valence-corrected chi connectivity index (χ2v) is 5.27. The van der Waals surface area contributed by atoms with Gasteiger partial charge in [0, 0.05) is 18.3 Å². The molecule has 1 fully saturated rings. The van der Waals surface area contributed by atoms with Crippen molar-refractivity contribution in [3.63, 3.8) is 0 Å². The molecule has 0 amide bonds. The first kappa shape index (κ1) is 15.2. The summed E-state index contributed by atoms with van der Waals surface area (Å²) >= 11 is 0. The Morgan fingerprint density at radius 3 is 2.45 bits per heavy atom. The molecular formula is C15H21F3N2. The minimum absolute atomic E-state index is 0.323. The average molecular weight is 286 g/mol. The number of piperidine rings is 1. The highest BCUT2D eigenvalue weighted by Crippen LogP contribution is 2.34. The summed E-state index contributed by atoms with van der Waals surface area (Å²) in [6.45, 7) is 6.46. The number of hydrogen-bond acceptors (Lipinski definition) is 2. The zero-order valence-electron chi connectivity index (χ0n) is 11.9. The molecule has 0 spiro atoms. The summed E-state index contributed by atoms with van der Waals surface area (Å²) in [5.74, 6) is 0. The third kappa shape index (κ3) is 3.26. The molecular weight excluding hydrogens is 265 g/mol. The van der Waals surface area contributed by atoms with Crippen molar-refractivity contribution in [1.82, 2.24) is 5.32 Å². The van der Waals surface area contributed by atoms with Crippen LogP contribution in [0.15, 0.2) is 18.2 Å². The predicted molar refractivity (Wildman–Crippen MR) is 75.1 cm³/mol. The van der Waals surface area contributed by atoms with Crippen LogP contribution in [0.4, 0.5) is 18.9 Å². The van der Waals surface area contributed by atoms with Gasteiger partial charge >= 0.3 is 6.18 Å². The van der Waals surface area contributed by atoms with E-state index in [0.29, 0.717) is 11.7 Å². The Morgan fingerprint density at radius 2 is 1.90 bits per heavy atom. The fraction of sp³-hybridized carbons (Fsp3) is 0.600.